The van der Waals surface area contributed by atoms with Crippen LogP contribution in [0.4, 0.5) is 118 Å². The summed E-state index contributed by atoms with van der Waals surface area (Å²) in [6.07, 6.45) is -5.92. The van der Waals surface area contributed by atoms with Crippen molar-refractivity contribution in [2.75, 3.05) is 39.2 Å². The molecule has 4 aliphatic rings. The Labute approximate surface area is 675 Å². The molecule has 0 spiro atoms. The van der Waals surface area contributed by atoms with E-state index in [4.69, 9.17) is 0 Å². The van der Waals surface area contributed by atoms with E-state index in [1.807, 2.05) is 135 Å². The van der Waals surface area contributed by atoms with E-state index < -0.39 is 23.5 Å². The second kappa shape index (κ2) is 34.9. The maximum Gasteiger partial charge on any atom is 0.418 e. The van der Waals surface area contributed by atoms with Gasteiger partial charge in [-0.2, -0.15) is 148 Å². The maximum absolute atomic E-state index is 13.7. The molecule has 10 nitrogen and oxygen atoms in total. The van der Waals surface area contributed by atoms with Gasteiger partial charge < -0.3 is 39.2 Å². The van der Waals surface area contributed by atoms with Crippen molar-refractivity contribution in [1.82, 2.24) is 9.97 Å². The molecule has 0 aliphatic carbocycles. The van der Waals surface area contributed by atoms with Crippen molar-refractivity contribution < 1.29 is 107 Å². The van der Waals surface area contributed by atoms with Crippen LogP contribution in [-0.2, 0) is 92.8 Å². The Bertz CT molecular complexity index is 4970. The Kier molecular flexibility index (Phi) is 26.0. The number of pyridine rings is 2. The standard InChI is InChI=1S/C25H19N3.C21H15F3N2.C21H18N2.C20H14F3N3.4Ir/c1-19-22(20-10-4-2-5-11-20)14-8-15-23(19)28-18-27(21-12-6-3-7-13-21)25-24(28)16-9-17-26-25;1-15-8-5-6-12-18(15)26-14-25(16-9-3-2-4-10-16)19-13-7-11-17(20(19)26)21(22,23)24;1-16-12-13-20-21(14-16)22(18-9-4-3-5-10-18)15-23(20)19-11-7-6-8-17(19)2;1-14-7-5-6-10-17(14)26-13-25(15-8-3-2-4-9-15)19-18(26)16(11-12-24-19)20(21,22)23;;;;/h2-12,14-18H,1H3;2-9,11-14H,1H3;3-9,11-15H,1-2H3;2-8,10-13H,1H3;;;;/q4*-2;;;;. The van der Waals surface area contributed by atoms with Gasteiger partial charge in [-0.1, -0.05) is 109 Å². The molecule has 0 fully saturated rings. The van der Waals surface area contributed by atoms with Crippen LogP contribution in [-0.4, -0.2) is 9.97 Å². The number of para-hydroxylation sites is 8. The van der Waals surface area contributed by atoms with Gasteiger partial charge in [0.25, 0.3) is 0 Å². The summed E-state index contributed by atoms with van der Waals surface area (Å²) >= 11 is 0. The molecule has 550 valence electrons. The van der Waals surface area contributed by atoms with Gasteiger partial charge >= 0.3 is 12.4 Å². The summed E-state index contributed by atoms with van der Waals surface area (Å²) < 4.78 is 82.1. The first-order chi connectivity index (χ1) is 50.0. The molecular formula is C87H66F6Ir4N10-8. The summed E-state index contributed by atoms with van der Waals surface area (Å²) in [6.45, 7) is 17.8. The number of alkyl halides is 6. The maximum atomic E-state index is 13.7. The summed E-state index contributed by atoms with van der Waals surface area (Å²) in [6, 6.07) is 99.2. The zero-order chi connectivity index (χ0) is 71.4. The van der Waals surface area contributed by atoms with E-state index in [2.05, 4.69) is 185 Å². The van der Waals surface area contributed by atoms with Crippen molar-refractivity contribution in [2.45, 2.75) is 47.0 Å². The van der Waals surface area contributed by atoms with Crippen LogP contribution in [0.1, 0.15) is 38.9 Å². The molecule has 4 aliphatic heterocycles. The zero-order valence-electron chi connectivity index (χ0n) is 58.0. The van der Waals surface area contributed by atoms with Gasteiger partial charge in [0.15, 0.2) is 0 Å². The number of benzene rings is 11. The first kappa shape index (κ1) is 79.9. The SMILES string of the molecule is Cc1c(-c2ccccc2)cccc1N1[CH-]N(c2[c-]cccc2)c2ncccc21.Cc1ccc2c(c1)N(c1[c-]cccc1)[CH-]N2c1ccccc1C.Cc1ccccc1N1[CH-]N(c2[c-]cccc2)c2cccc(C(F)(F)F)c21.Cc1ccccc1N1[CH-]N(c2[c-]cccc2)c2nccc(C(F)(F)F)c21.[Ir].[Ir].[Ir].[Ir]. The molecule has 0 amide bonds. The molecule has 0 saturated carbocycles. The average molecular weight is 2130 g/mol. The molecular weight excluding hydrogens is 2070 g/mol. The summed E-state index contributed by atoms with van der Waals surface area (Å²) in [4.78, 5) is 24.1. The van der Waals surface area contributed by atoms with Gasteiger partial charge in [0, 0.05) is 138 Å². The fourth-order valence-corrected chi connectivity index (χ4v) is 13.0. The van der Waals surface area contributed by atoms with E-state index in [1.54, 1.807) is 75.4 Å². The normalized spacial score (nSPS) is 13.0. The van der Waals surface area contributed by atoms with Crippen LogP contribution in [0.25, 0.3) is 11.1 Å². The van der Waals surface area contributed by atoms with Gasteiger partial charge in [0.1, 0.15) is 11.6 Å². The monoisotopic (exact) mass is 2140 g/mol. The summed E-state index contributed by atoms with van der Waals surface area (Å²) in [5, 5.41) is 0. The van der Waals surface area contributed by atoms with Gasteiger partial charge in [-0.25, -0.2) is 9.97 Å². The first-order valence-electron chi connectivity index (χ1n) is 33.2. The van der Waals surface area contributed by atoms with E-state index >= 15 is 0 Å². The third kappa shape index (κ3) is 16.9. The Morgan fingerprint density at radius 1 is 0.299 bits per heavy atom. The van der Waals surface area contributed by atoms with Gasteiger partial charge in [0.05, 0.1) is 22.5 Å². The Morgan fingerprint density at radius 3 is 1.23 bits per heavy atom. The quantitative estimate of drug-likeness (QED) is 0.103. The molecule has 0 bridgehead atoms. The van der Waals surface area contributed by atoms with Crippen LogP contribution in [0.5, 0.6) is 0 Å². The van der Waals surface area contributed by atoms with Crippen LogP contribution >= 0.6 is 0 Å². The number of halogens is 6. The Morgan fingerprint density at radius 2 is 0.701 bits per heavy atom. The minimum atomic E-state index is -4.49. The van der Waals surface area contributed by atoms with Gasteiger partial charge in [0.2, 0.25) is 0 Å². The number of anilines is 16. The first-order valence-corrected chi connectivity index (χ1v) is 33.2. The van der Waals surface area contributed by atoms with Crippen LogP contribution in [0.3, 0.4) is 0 Å². The van der Waals surface area contributed by atoms with Crippen LogP contribution in [0, 0.1) is 85.6 Å². The number of nitrogens with zero attached hydrogens (tertiary/aromatic N) is 10. The second-order valence-corrected chi connectivity index (χ2v) is 24.6. The topological polar surface area (TPSA) is 51.7 Å². The van der Waals surface area contributed by atoms with Gasteiger partial charge in [-0.05, 0) is 140 Å². The van der Waals surface area contributed by atoms with Gasteiger partial charge in [-0.3, -0.25) is 0 Å². The fraction of sp³-hybridized carbons (Fsp3) is 0.0805. The van der Waals surface area contributed by atoms with Crippen molar-refractivity contribution in [3.63, 3.8) is 0 Å². The number of rotatable bonds is 9. The smallest absolute Gasteiger partial charge is 0.418 e. The summed E-state index contributed by atoms with van der Waals surface area (Å²) in [5.74, 6) is 1.14. The minimum absolute atomic E-state index is 0. The third-order valence-electron chi connectivity index (χ3n) is 17.9. The molecule has 4 radical (unpaired) electrons. The number of aromatic nitrogens is 2. The van der Waals surface area contributed by atoms with Crippen LogP contribution in [0.2, 0.25) is 0 Å². The Hall–Kier alpha value is -9.70. The minimum Gasteiger partial charge on any atom is -0.493 e. The molecule has 2 aromatic heterocycles. The molecule has 17 rings (SSSR count). The van der Waals surface area contributed by atoms with E-state index in [-0.39, 0.29) is 97.6 Å². The van der Waals surface area contributed by atoms with Crippen LogP contribution < -0.4 is 39.2 Å². The summed E-state index contributed by atoms with van der Waals surface area (Å²) in [7, 11) is 0. The largest absolute Gasteiger partial charge is 0.493 e. The third-order valence-corrected chi connectivity index (χ3v) is 17.9. The van der Waals surface area contributed by atoms with E-state index in [1.165, 1.54) is 57.1 Å². The Balaban J connectivity index is 0.000000151. The summed E-state index contributed by atoms with van der Waals surface area (Å²) in [5.41, 5.74) is 17.7. The molecule has 13 aromatic rings. The zero-order valence-corrected chi connectivity index (χ0v) is 67.6. The van der Waals surface area contributed by atoms with Crippen molar-refractivity contribution in [2.24, 2.45) is 0 Å². The number of hydrogen-bond acceptors (Lipinski definition) is 10. The van der Waals surface area contributed by atoms with Crippen molar-refractivity contribution in [3.05, 3.63) is 375 Å². The van der Waals surface area contributed by atoms with E-state index in [0.717, 1.165) is 51.8 Å². The molecule has 20 heteroatoms. The number of fused-ring (bicyclic) bond motifs is 4. The molecule has 6 heterocycles. The molecule has 107 heavy (non-hydrogen) atoms. The second-order valence-electron chi connectivity index (χ2n) is 24.6. The number of aryl methyl sites for hydroxylation is 4. The number of hydrogen-bond donors (Lipinski definition) is 0. The fourth-order valence-electron chi connectivity index (χ4n) is 13.0. The van der Waals surface area contributed by atoms with Crippen molar-refractivity contribution in [3.8, 4) is 11.1 Å². The molecule has 0 atom stereocenters. The van der Waals surface area contributed by atoms with E-state index in [0.29, 0.717) is 28.4 Å². The molecule has 0 unspecified atom stereocenters. The van der Waals surface area contributed by atoms with Gasteiger partial charge in [-0.15, -0.1) is 49.4 Å². The predicted octanol–water partition coefficient (Wildman–Crippen LogP) is 23.6. The van der Waals surface area contributed by atoms with Crippen LogP contribution in [0.15, 0.2) is 285 Å². The average Bonchev–Trinajstić information content (AvgIpc) is 1.66. The van der Waals surface area contributed by atoms with E-state index in [9.17, 15) is 26.3 Å². The van der Waals surface area contributed by atoms with Crippen molar-refractivity contribution in [1.29, 1.82) is 0 Å². The molecule has 0 saturated heterocycles. The predicted molar refractivity (Wildman–Crippen MR) is 402 cm³/mol. The molecule has 0 N–H and O–H groups in total. The molecule has 11 aromatic carbocycles. The van der Waals surface area contributed by atoms with Crippen molar-refractivity contribution >= 4 is 91.3 Å².